The number of hydrogen-bond acceptors (Lipinski definition) is 3. The van der Waals surface area contributed by atoms with Crippen molar-refractivity contribution in [3.63, 3.8) is 0 Å². The van der Waals surface area contributed by atoms with Crippen LogP contribution in [0.25, 0.3) is 0 Å². The van der Waals surface area contributed by atoms with Crippen molar-refractivity contribution in [2.45, 2.75) is 38.0 Å². The summed E-state index contributed by atoms with van der Waals surface area (Å²) in [4.78, 5) is 13.3. The number of nitrogens with zero attached hydrogens (tertiary/aromatic N) is 1. The van der Waals surface area contributed by atoms with E-state index in [0.29, 0.717) is 12.5 Å². The van der Waals surface area contributed by atoms with Gasteiger partial charge in [-0.1, -0.05) is 0 Å². The van der Waals surface area contributed by atoms with E-state index in [0.717, 1.165) is 19.4 Å². The fourth-order valence-corrected chi connectivity index (χ4v) is 2.52. The minimum atomic E-state index is -0.0597. The average Bonchev–Trinajstić information content (AvgIpc) is 2.34. The Bertz CT molecular complexity index is 272. The first-order valence-electron chi connectivity index (χ1n) is 6.04. The third-order valence-electron chi connectivity index (χ3n) is 3.79. The van der Waals surface area contributed by atoms with Crippen LogP contribution in [0.2, 0.25) is 0 Å². The quantitative estimate of drug-likeness (QED) is 0.706. The largest absolute Gasteiger partial charge is 0.376 e. The van der Waals surface area contributed by atoms with Crippen LogP contribution < -0.4 is 11.1 Å². The number of carbonyl (C=O) groups is 1. The molecule has 1 heterocycles. The van der Waals surface area contributed by atoms with Gasteiger partial charge in [0.1, 0.15) is 0 Å². The molecule has 0 spiro atoms. The molecule has 1 saturated heterocycles. The third kappa shape index (κ3) is 1.89. The van der Waals surface area contributed by atoms with Crippen LogP contribution in [0.4, 0.5) is 4.79 Å². The van der Waals surface area contributed by atoms with Gasteiger partial charge in [0, 0.05) is 32.2 Å². The molecule has 2 amide bonds. The maximum Gasteiger partial charge on any atom is 0.317 e. The molecule has 2 rings (SSSR count). The van der Waals surface area contributed by atoms with Crippen LogP contribution in [0.1, 0.15) is 19.8 Å². The summed E-state index contributed by atoms with van der Waals surface area (Å²) in [5.41, 5.74) is 6.05. The lowest BCUT2D eigenvalue weighted by molar-refractivity contribution is -0.117. The first-order valence-corrected chi connectivity index (χ1v) is 6.04. The Morgan fingerprint density at radius 1 is 1.62 bits per heavy atom. The van der Waals surface area contributed by atoms with Crippen LogP contribution in [0.15, 0.2) is 0 Å². The van der Waals surface area contributed by atoms with E-state index in [-0.39, 0.29) is 24.2 Å². The molecule has 2 fully saturated rings. The third-order valence-corrected chi connectivity index (χ3v) is 3.79. The molecule has 0 aromatic carbocycles. The van der Waals surface area contributed by atoms with Crippen LogP contribution >= 0.6 is 0 Å². The van der Waals surface area contributed by atoms with E-state index in [1.807, 2.05) is 6.92 Å². The topological polar surface area (TPSA) is 67.6 Å². The molecule has 5 nitrogen and oxygen atoms in total. The second-order valence-electron chi connectivity index (χ2n) is 4.71. The van der Waals surface area contributed by atoms with E-state index < -0.39 is 0 Å². The lowest BCUT2D eigenvalue weighted by Gasteiger charge is -2.52. The summed E-state index contributed by atoms with van der Waals surface area (Å²) in [6.07, 6.45) is 2.35. The molecule has 2 aliphatic rings. The molecule has 3 N–H and O–H groups in total. The lowest BCUT2D eigenvalue weighted by atomic mass is 9.69. The zero-order valence-electron chi connectivity index (χ0n) is 9.98. The molecule has 4 atom stereocenters. The van der Waals surface area contributed by atoms with E-state index in [4.69, 9.17) is 10.5 Å². The molecule has 1 aliphatic heterocycles. The average molecular weight is 227 g/mol. The lowest BCUT2D eigenvalue weighted by Crippen LogP contribution is -2.72. The molecule has 92 valence electrons. The van der Waals surface area contributed by atoms with Gasteiger partial charge >= 0.3 is 6.03 Å². The normalized spacial score (nSPS) is 37.2. The van der Waals surface area contributed by atoms with Gasteiger partial charge in [0.2, 0.25) is 0 Å². The van der Waals surface area contributed by atoms with Gasteiger partial charge in [-0.15, -0.1) is 0 Å². The summed E-state index contributed by atoms with van der Waals surface area (Å²) in [5, 5.41) is 2.95. The Labute approximate surface area is 96.3 Å². The van der Waals surface area contributed by atoms with Gasteiger partial charge in [-0.3, -0.25) is 0 Å². The maximum atomic E-state index is 11.7. The monoisotopic (exact) mass is 227 g/mol. The van der Waals surface area contributed by atoms with E-state index in [1.165, 1.54) is 0 Å². The fourth-order valence-electron chi connectivity index (χ4n) is 2.52. The van der Waals surface area contributed by atoms with E-state index >= 15 is 0 Å². The minimum Gasteiger partial charge on any atom is -0.376 e. The van der Waals surface area contributed by atoms with Gasteiger partial charge in [0.05, 0.1) is 12.1 Å². The molecule has 0 aromatic rings. The standard InChI is InChI=1S/C11H21N3O2/c1-3-14(2)11(15)13-9-8(12)7-5-4-6-16-10(7)9/h7-10H,3-6,12H2,1-2H3,(H,13,15). The van der Waals surface area contributed by atoms with Crippen molar-refractivity contribution in [2.75, 3.05) is 20.2 Å². The van der Waals surface area contributed by atoms with Crippen molar-refractivity contribution < 1.29 is 9.53 Å². The summed E-state index contributed by atoms with van der Waals surface area (Å²) < 4.78 is 5.66. The van der Waals surface area contributed by atoms with Crippen LogP contribution in [-0.4, -0.2) is 49.3 Å². The minimum absolute atomic E-state index is 0.00759. The number of rotatable bonds is 2. The van der Waals surface area contributed by atoms with Gasteiger partial charge in [0.25, 0.3) is 0 Å². The van der Waals surface area contributed by atoms with Crippen molar-refractivity contribution in [1.29, 1.82) is 0 Å². The number of hydrogen-bond donors (Lipinski definition) is 2. The van der Waals surface area contributed by atoms with Crippen molar-refractivity contribution >= 4 is 6.03 Å². The predicted molar refractivity (Wildman–Crippen MR) is 61.1 cm³/mol. The van der Waals surface area contributed by atoms with Crippen molar-refractivity contribution in [3.05, 3.63) is 0 Å². The molecule has 1 saturated carbocycles. The molecule has 5 heteroatoms. The zero-order valence-corrected chi connectivity index (χ0v) is 9.98. The highest BCUT2D eigenvalue weighted by molar-refractivity contribution is 5.74. The van der Waals surface area contributed by atoms with E-state index in [2.05, 4.69) is 5.32 Å². The first-order chi connectivity index (χ1) is 7.65. The molecule has 0 radical (unpaired) electrons. The number of ether oxygens (including phenoxy) is 1. The van der Waals surface area contributed by atoms with Crippen molar-refractivity contribution in [2.24, 2.45) is 11.7 Å². The molecular formula is C11H21N3O2. The highest BCUT2D eigenvalue weighted by atomic mass is 16.5. The van der Waals surface area contributed by atoms with Crippen molar-refractivity contribution in [3.8, 4) is 0 Å². The molecular weight excluding hydrogens is 206 g/mol. The van der Waals surface area contributed by atoms with Crippen LogP contribution in [0.3, 0.4) is 0 Å². The zero-order chi connectivity index (χ0) is 11.7. The molecule has 0 bridgehead atoms. The molecule has 1 aliphatic carbocycles. The van der Waals surface area contributed by atoms with Crippen LogP contribution in [-0.2, 0) is 4.74 Å². The first kappa shape index (κ1) is 11.7. The number of carbonyl (C=O) groups excluding carboxylic acids is 1. The van der Waals surface area contributed by atoms with Gasteiger partial charge in [-0.2, -0.15) is 0 Å². The Morgan fingerprint density at radius 3 is 3.06 bits per heavy atom. The summed E-state index contributed by atoms with van der Waals surface area (Å²) in [6, 6.07) is -0.0121. The van der Waals surface area contributed by atoms with Crippen LogP contribution in [0.5, 0.6) is 0 Å². The summed E-state index contributed by atoms with van der Waals surface area (Å²) in [7, 11) is 1.78. The Hall–Kier alpha value is -0.810. The number of amides is 2. The van der Waals surface area contributed by atoms with Gasteiger partial charge < -0.3 is 20.7 Å². The van der Waals surface area contributed by atoms with Gasteiger partial charge in [0.15, 0.2) is 0 Å². The molecule has 0 aromatic heterocycles. The van der Waals surface area contributed by atoms with E-state index in [9.17, 15) is 4.79 Å². The Morgan fingerprint density at radius 2 is 2.38 bits per heavy atom. The summed E-state index contributed by atoms with van der Waals surface area (Å²) >= 11 is 0. The van der Waals surface area contributed by atoms with Crippen molar-refractivity contribution in [1.82, 2.24) is 10.2 Å². The predicted octanol–water partition coefficient (Wildman–Crippen LogP) is 0.152. The Kier molecular flexibility index (Phi) is 3.35. The number of fused-ring (bicyclic) bond motifs is 1. The molecule has 16 heavy (non-hydrogen) atoms. The second kappa shape index (κ2) is 4.59. The van der Waals surface area contributed by atoms with Gasteiger partial charge in [-0.25, -0.2) is 4.79 Å². The number of urea groups is 1. The smallest absolute Gasteiger partial charge is 0.317 e. The summed E-state index contributed by atoms with van der Waals surface area (Å²) in [6.45, 7) is 3.44. The van der Waals surface area contributed by atoms with Gasteiger partial charge in [-0.05, 0) is 19.8 Å². The second-order valence-corrected chi connectivity index (χ2v) is 4.71. The number of nitrogens with two attached hydrogens (primary N) is 1. The highest BCUT2D eigenvalue weighted by Crippen LogP contribution is 2.36. The fraction of sp³-hybridized carbons (Fsp3) is 0.909. The van der Waals surface area contributed by atoms with E-state index in [1.54, 1.807) is 11.9 Å². The summed E-state index contributed by atoms with van der Waals surface area (Å²) in [5.74, 6) is 0.436. The maximum absolute atomic E-state index is 11.7. The Balaban J connectivity index is 1.88. The van der Waals surface area contributed by atoms with Crippen LogP contribution in [0, 0.1) is 5.92 Å². The molecule has 4 unspecified atom stereocenters. The number of nitrogens with one attached hydrogen (secondary N) is 1. The SMILES string of the molecule is CCN(C)C(=O)NC1C(N)C2CCCOC21. The highest BCUT2D eigenvalue weighted by Gasteiger charge is 2.51.